The van der Waals surface area contributed by atoms with E-state index >= 15 is 0 Å². The number of hydrogen-bond acceptors (Lipinski definition) is 6. The number of esters is 3. The average Bonchev–Trinajstić information content (AvgIpc) is 3.30. The monoisotopic (exact) mass is 933 g/mol. The van der Waals surface area contributed by atoms with Crippen molar-refractivity contribution >= 4 is 17.9 Å². The molecule has 0 saturated heterocycles. The normalized spacial score (nSPS) is 12.0. The van der Waals surface area contributed by atoms with Gasteiger partial charge in [0.2, 0.25) is 0 Å². The Kier molecular flexibility index (Phi) is 53.0. The van der Waals surface area contributed by atoms with Gasteiger partial charge in [-0.15, -0.1) is 0 Å². The van der Waals surface area contributed by atoms with Crippen molar-refractivity contribution in [3.8, 4) is 0 Å². The van der Waals surface area contributed by atoms with Crippen LogP contribution in [-0.4, -0.2) is 37.2 Å². The minimum atomic E-state index is -0.762. The van der Waals surface area contributed by atoms with Gasteiger partial charge in [-0.2, -0.15) is 0 Å². The first-order valence-corrected chi connectivity index (χ1v) is 29.9. The molecule has 0 bridgehead atoms. The molecule has 0 N–H and O–H groups in total. The Morgan fingerprint density at radius 1 is 0.288 bits per heavy atom. The van der Waals surface area contributed by atoms with Crippen LogP contribution in [-0.2, 0) is 28.6 Å². The molecule has 6 nitrogen and oxygen atoms in total. The Morgan fingerprint density at radius 3 is 0.742 bits per heavy atom. The lowest BCUT2D eigenvalue weighted by Crippen LogP contribution is -2.30. The van der Waals surface area contributed by atoms with E-state index in [1.165, 1.54) is 238 Å². The molecule has 0 aromatic rings. The smallest absolute Gasteiger partial charge is 0.306 e. The standard InChI is InChI=1S/C60H116O6/c1-5-7-9-11-13-15-17-19-21-22-23-25-27-33-37-41-45-49-53-60(63)66-57(54-64-58(61)51-47-43-39-35-31-26-24-20-18-16-14-12-10-8-6-2)55-65-59(62)52-48-44-40-36-32-29-28-30-34-38-42-46-50-56(3)4/h56-57H,5-55H2,1-4H3/t57-/m1/s1. The zero-order valence-electron chi connectivity index (χ0n) is 45.2. The summed E-state index contributed by atoms with van der Waals surface area (Å²) in [6.45, 7) is 9.07. The summed E-state index contributed by atoms with van der Waals surface area (Å²) >= 11 is 0. The van der Waals surface area contributed by atoms with E-state index in [0.717, 1.165) is 63.7 Å². The lowest BCUT2D eigenvalue weighted by Gasteiger charge is -2.18. The predicted molar refractivity (Wildman–Crippen MR) is 284 cm³/mol. The number of rotatable bonds is 55. The van der Waals surface area contributed by atoms with Crippen LogP contribution in [0.3, 0.4) is 0 Å². The Bertz CT molecular complexity index is 996. The molecule has 0 unspecified atom stereocenters. The lowest BCUT2D eigenvalue weighted by molar-refractivity contribution is -0.167. The molecule has 0 amide bonds. The minimum Gasteiger partial charge on any atom is -0.462 e. The maximum Gasteiger partial charge on any atom is 0.306 e. The summed E-state index contributed by atoms with van der Waals surface area (Å²) in [4.78, 5) is 38.2. The molecular formula is C60H116O6. The number of hydrogen-bond donors (Lipinski definition) is 0. The van der Waals surface area contributed by atoms with Gasteiger partial charge in [0.25, 0.3) is 0 Å². The quantitative estimate of drug-likeness (QED) is 0.0343. The summed E-state index contributed by atoms with van der Waals surface area (Å²) in [5.74, 6) is 0.00105. The van der Waals surface area contributed by atoms with Crippen molar-refractivity contribution in [3.63, 3.8) is 0 Å². The van der Waals surface area contributed by atoms with Gasteiger partial charge in [-0.05, 0) is 25.2 Å². The van der Waals surface area contributed by atoms with Crippen LogP contribution in [0.25, 0.3) is 0 Å². The van der Waals surface area contributed by atoms with E-state index in [9.17, 15) is 14.4 Å². The Morgan fingerprint density at radius 2 is 0.500 bits per heavy atom. The number of ether oxygens (including phenoxy) is 3. The molecule has 0 aromatic carbocycles. The third kappa shape index (κ3) is 53.4. The zero-order chi connectivity index (χ0) is 48.1. The Labute approximate surface area is 412 Å². The third-order valence-corrected chi connectivity index (χ3v) is 13.8. The first-order chi connectivity index (χ1) is 32.4. The first kappa shape index (κ1) is 64.4. The summed E-state index contributed by atoms with van der Waals surface area (Å²) in [5.41, 5.74) is 0. The molecule has 0 saturated carbocycles. The second-order valence-electron chi connectivity index (χ2n) is 21.1. The molecule has 0 aliphatic heterocycles. The number of carbonyl (C=O) groups is 3. The molecular weight excluding hydrogens is 817 g/mol. The van der Waals surface area contributed by atoms with Gasteiger partial charge in [-0.3, -0.25) is 14.4 Å². The summed E-state index contributed by atoms with van der Waals surface area (Å²) in [6, 6.07) is 0. The highest BCUT2D eigenvalue weighted by molar-refractivity contribution is 5.71. The van der Waals surface area contributed by atoms with E-state index in [-0.39, 0.29) is 31.1 Å². The fraction of sp³-hybridized carbons (Fsp3) is 0.950. The van der Waals surface area contributed by atoms with Gasteiger partial charge in [-0.25, -0.2) is 0 Å². The SMILES string of the molecule is CCCCCCCCCCCCCCCCCCCCC(=O)O[C@H](COC(=O)CCCCCCCCCCCCCCCCC)COC(=O)CCCCCCCCCCCCCCC(C)C. The second-order valence-corrected chi connectivity index (χ2v) is 21.1. The molecule has 0 aromatic heterocycles. The van der Waals surface area contributed by atoms with E-state index in [0.29, 0.717) is 19.3 Å². The highest BCUT2D eigenvalue weighted by Gasteiger charge is 2.19. The molecule has 0 aliphatic carbocycles. The fourth-order valence-electron chi connectivity index (χ4n) is 9.28. The predicted octanol–water partition coefficient (Wildman–Crippen LogP) is 19.8. The van der Waals surface area contributed by atoms with Crippen molar-refractivity contribution in [1.82, 2.24) is 0 Å². The van der Waals surface area contributed by atoms with Crippen molar-refractivity contribution in [1.29, 1.82) is 0 Å². The van der Waals surface area contributed by atoms with Gasteiger partial charge in [0.05, 0.1) is 0 Å². The molecule has 0 spiro atoms. The molecule has 0 fully saturated rings. The van der Waals surface area contributed by atoms with Crippen LogP contribution >= 0.6 is 0 Å². The zero-order valence-corrected chi connectivity index (χ0v) is 45.2. The first-order valence-electron chi connectivity index (χ1n) is 29.9. The largest absolute Gasteiger partial charge is 0.462 e. The van der Waals surface area contributed by atoms with Crippen molar-refractivity contribution in [2.75, 3.05) is 13.2 Å². The van der Waals surface area contributed by atoms with Gasteiger partial charge in [-0.1, -0.05) is 304 Å². The lowest BCUT2D eigenvalue weighted by atomic mass is 10.0. The molecule has 392 valence electrons. The Balaban J connectivity index is 4.29. The number of unbranched alkanes of at least 4 members (excludes halogenated alkanes) is 42. The molecule has 1 atom stereocenters. The van der Waals surface area contributed by atoms with Crippen LogP contribution in [0.2, 0.25) is 0 Å². The maximum absolute atomic E-state index is 12.9. The second kappa shape index (κ2) is 54.4. The van der Waals surface area contributed by atoms with Crippen molar-refractivity contribution in [2.24, 2.45) is 5.92 Å². The van der Waals surface area contributed by atoms with Gasteiger partial charge in [0.1, 0.15) is 13.2 Å². The summed E-state index contributed by atoms with van der Waals surface area (Å²) < 4.78 is 16.9. The van der Waals surface area contributed by atoms with Crippen LogP contribution in [0.5, 0.6) is 0 Å². The number of carbonyl (C=O) groups excluding carboxylic acids is 3. The van der Waals surface area contributed by atoms with E-state index < -0.39 is 6.10 Å². The van der Waals surface area contributed by atoms with E-state index in [2.05, 4.69) is 27.7 Å². The molecule has 0 radical (unpaired) electrons. The average molecular weight is 934 g/mol. The van der Waals surface area contributed by atoms with Crippen molar-refractivity contribution in [2.45, 2.75) is 348 Å². The fourth-order valence-corrected chi connectivity index (χ4v) is 9.28. The Hall–Kier alpha value is -1.59. The molecule has 0 rings (SSSR count). The van der Waals surface area contributed by atoms with E-state index in [1.54, 1.807) is 0 Å². The summed E-state index contributed by atoms with van der Waals surface area (Å²) in [5, 5.41) is 0. The maximum atomic E-state index is 12.9. The molecule has 0 aliphatic rings. The van der Waals surface area contributed by atoms with E-state index in [1.807, 2.05) is 0 Å². The topological polar surface area (TPSA) is 78.9 Å². The van der Waals surface area contributed by atoms with Crippen LogP contribution in [0, 0.1) is 5.92 Å². The van der Waals surface area contributed by atoms with Gasteiger partial charge >= 0.3 is 17.9 Å². The third-order valence-electron chi connectivity index (χ3n) is 13.8. The molecule has 0 heterocycles. The highest BCUT2D eigenvalue weighted by Crippen LogP contribution is 2.18. The van der Waals surface area contributed by atoms with Crippen LogP contribution < -0.4 is 0 Å². The minimum absolute atomic E-state index is 0.0617. The molecule has 6 heteroatoms. The van der Waals surface area contributed by atoms with Crippen LogP contribution in [0.4, 0.5) is 0 Å². The van der Waals surface area contributed by atoms with Gasteiger partial charge in [0, 0.05) is 19.3 Å². The van der Waals surface area contributed by atoms with Crippen molar-refractivity contribution < 1.29 is 28.6 Å². The summed E-state index contributed by atoms with van der Waals surface area (Å²) in [6.07, 6.45) is 59.5. The van der Waals surface area contributed by atoms with Gasteiger partial charge < -0.3 is 14.2 Å². The highest BCUT2D eigenvalue weighted by atomic mass is 16.6. The van der Waals surface area contributed by atoms with Crippen LogP contribution in [0.15, 0.2) is 0 Å². The molecule has 66 heavy (non-hydrogen) atoms. The summed E-state index contributed by atoms with van der Waals surface area (Å²) in [7, 11) is 0. The van der Waals surface area contributed by atoms with Crippen LogP contribution in [0.1, 0.15) is 342 Å². The van der Waals surface area contributed by atoms with E-state index in [4.69, 9.17) is 14.2 Å². The van der Waals surface area contributed by atoms with Gasteiger partial charge in [0.15, 0.2) is 6.10 Å². The van der Waals surface area contributed by atoms with Crippen molar-refractivity contribution in [3.05, 3.63) is 0 Å².